The molecule has 0 amide bonds. The van der Waals surface area contributed by atoms with Crippen molar-refractivity contribution in [2.75, 3.05) is 0 Å². The molecular formula is C16H16N4O. The van der Waals surface area contributed by atoms with E-state index in [-0.39, 0.29) is 6.04 Å². The van der Waals surface area contributed by atoms with Crippen LogP contribution in [-0.4, -0.2) is 21.0 Å². The van der Waals surface area contributed by atoms with E-state index in [1.165, 1.54) is 0 Å². The van der Waals surface area contributed by atoms with E-state index >= 15 is 0 Å². The Morgan fingerprint density at radius 3 is 2.62 bits per heavy atom. The van der Waals surface area contributed by atoms with E-state index in [1.54, 1.807) is 18.6 Å². The number of aromatic nitrogens is 3. The topological polar surface area (TPSA) is 73.9 Å². The second-order valence-electron chi connectivity index (χ2n) is 5.02. The molecule has 0 radical (unpaired) electrons. The van der Waals surface area contributed by atoms with Crippen molar-refractivity contribution in [3.05, 3.63) is 54.5 Å². The Morgan fingerprint density at radius 1 is 1.10 bits per heavy atom. The SMILES string of the molecule is CC(N)Cc1cnc(Oc2cnc3ccccc3c2)nc1. The van der Waals surface area contributed by atoms with E-state index in [0.717, 1.165) is 22.9 Å². The average Bonchev–Trinajstić information content (AvgIpc) is 2.49. The summed E-state index contributed by atoms with van der Waals surface area (Å²) in [6.07, 6.45) is 5.89. The molecule has 2 N–H and O–H groups in total. The molecule has 106 valence electrons. The maximum atomic E-state index is 5.74. The number of fused-ring (bicyclic) bond motifs is 1. The predicted octanol–water partition coefficient (Wildman–Crippen LogP) is 2.71. The van der Waals surface area contributed by atoms with Gasteiger partial charge in [0.05, 0.1) is 11.7 Å². The Balaban J connectivity index is 1.78. The highest BCUT2D eigenvalue weighted by atomic mass is 16.5. The fourth-order valence-corrected chi connectivity index (χ4v) is 2.08. The summed E-state index contributed by atoms with van der Waals surface area (Å²) in [6, 6.07) is 10.2. The van der Waals surface area contributed by atoms with E-state index in [4.69, 9.17) is 10.5 Å². The van der Waals surface area contributed by atoms with Gasteiger partial charge in [-0.25, -0.2) is 9.97 Å². The van der Waals surface area contributed by atoms with Crippen LogP contribution in [0.5, 0.6) is 11.8 Å². The third kappa shape index (κ3) is 3.32. The van der Waals surface area contributed by atoms with Gasteiger partial charge in [0, 0.05) is 23.8 Å². The molecule has 3 aromatic rings. The summed E-state index contributed by atoms with van der Waals surface area (Å²) >= 11 is 0. The van der Waals surface area contributed by atoms with Crippen LogP contribution in [0.15, 0.2) is 48.9 Å². The minimum atomic E-state index is 0.0880. The van der Waals surface area contributed by atoms with Gasteiger partial charge in [0.15, 0.2) is 0 Å². The van der Waals surface area contributed by atoms with Crippen LogP contribution in [0, 0.1) is 0 Å². The first-order valence-electron chi connectivity index (χ1n) is 6.80. The van der Waals surface area contributed by atoms with Crippen LogP contribution in [0.4, 0.5) is 0 Å². The third-order valence-electron chi connectivity index (χ3n) is 3.01. The smallest absolute Gasteiger partial charge is 0.321 e. The standard InChI is InChI=1S/C16H16N4O/c1-11(17)6-12-8-19-16(20-9-12)21-14-7-13-4-2-3-5-15(13)18-10-14/h2-5,7-11H,6,17H2,1H3. The molecule has 2 heterocycles. The lowest BCUT2D eigenvalue weighted by molar-refractivity contribution is 0.439. The minimum Gasteiger partial charge on any atom is -0.423 e. The number of pyridine rings is 1. The molecule has 0 spiro atoms. The van der Waals surface area contributed by atoms with Crippen molar-refractivity contribution < 1.29 is 4.74 Å². The summed E-state index contributed by atoms with van der Waals surface area (Å²) in [7, 11) is 0. The van der Waals surface area contributed by atoms with Crippen molar-refractivity contribution >= 4 is 10.9 Å². The van der Waals surface area contributed by atoms with Gasteiger partial charge in [0.1, 0.15) is 5.75 Å². The molecule has 2 aromatic heterocycles. The molecule has 1 atom stereocenters. The van der Waals surface area contributed by atoms with Crippen LogP contribution in [-0.2, 0) is 6.42 Å². The molecule has 0 fully saturated rings. The average molecular weight is 280 g/mol. The lowest BCUT2D eigenvalue weighted by Crippen LogP contribution is -2.17. The first-order chi connectivity index (χ1) is 10.2. The van der Waals surface area contributed by atoms with Crippen molar-refractivity contribution in [3.63, 3.8) is 0 Å². The molecule has 0 bridgehead atoms. The van der Waals surface area contributed by atoms with Crippen molar-refractivity contribution in [1.82, 2.24) is 15.0 Å². The molecule has 3 rings (SSSR count). The Bertz CT molecular complexity index is 741. The molecule has 0 saturated carbocycles. The quantitative estimate of drug-likeness (QED) is 0.795. The van der Waals surface area contributed by atoms with E-state index < -0.39 is 0 Å². The van der Waals surface area contributed by atoms with Gasteiger partial charge in [-0.3, -0.25) is 4.98 Å². The zero-order valence-electron chi connectivity index (χ0n) is 11.7. The largest absolute Gasteiger partial charge is 0.423 e. The molecule has 1 unspecified atom stereocenters. The number of hydrogen-bond acceptors (Lipinski definition) is 5. The second kappa shape index (κ2) is 5.85. The van der Waals surface area contributed by atoms with Gasteiger partial charge in [0.25, 0.3) is 0 Å². The fraction of sp³-hybridized carbons (Fsp3) is 0.188. The fourth-order valence-electron chi connectivity index (χ4n) is 2.08. The van der Waals surface area contributed by atoms with Gasteiger partial charge in [-0.2, -0.15) is 0 Å². The number of benzene rings is 1. The van der Waals surface area contributed by atoms with Crippen LogP contribution in [0.2, 0.25) is 0 Å². The summed E-state index contributed by atoms with van der Waals surface area (Å²) in [5, 5.41) is 1.02. The highest BCUT2D eigenvalue weighted by Gasteiger charge is 2.04. The minimum absolute atomic E-state index is 0.0880. The van der Waals surface area contributed by atoms with Gasteiger partial charge in [0.2, 0.25) is 0 Å². The van der Waals surface area contributed by atoms with Crippen LogP contribution < -0.4 is 10.5 Å². The zero-order valence-corrected chi connectivity index (χ0v) is 11.7. The number of nitrogens with two attached hydrogens (primary N) is 1. The Kier molecular flexibility index (Phi) is 3.75. The predicted molar refractivity (Wildman–Crippen MR) is 81.2 cm³/mol. The van der Waals surface area contributed by atoms with Gasteiger partial charge >= 0.3 is 6.01 Å². The number of hydrogen-bond donors (Lipinski definition) is 1. The zero-order chi connectivity index (χ0) is 14.7. The van der Waals surface area contributed by atoms with E-state index in [0.29, 0.717) is 11.8 Å². The van der Waals surface area contributed by atoms with Crippen LogP contribution >= 0.6 is 0 Å². The Morgan fingerprint density at radius 2 is 1.86 bits per heavy atom. The maximum Gasteiger partial charge on any atom is 0.321 e. The summed E-state index contributed by atoms with van der Waals surface area (Å²) in [5.41, 5.74) is 7.67. The lowest BCUT2D eigenvalue weighted by atomic mass is 10.1. The normalized spacial score (nSPS) is 12.3. The molecule has 0 saturated heterocycles. The van der Waals surface area contributed by atoms with Crippen molar-refractivity contribution in [2.45, 2.75) is 19.4 Å². The van der Waals surface area contributed by atoms with E-state index in [2.05, 4.69) is 15.0 Å². The molecule has 5 nitrogen and oxygen atoms in total. The van der Waals surface area contributed by atoms with Gasteiger partial charge in [-0.1, -0.05) is 18.2 Å². The van der Waals surface area contributed by atoms with Gasteiger partial charge in [-0.15, -0.1) is 0 Å². The van der Waals surface area contributed by atoms with Crippen LogP contribution in [0.1, 0.15) is 12.5 Å². The Labute approximate surface area is 122 Å². The van der Waals surface area contributed by atoms with Crippen molar-refractivity contribution in [1.29, 1.82) is 0 Å². The van der Waals surface area contributed by atoms with E-state index in [9.17, 15) is 0 Å². The van der Waals surface area contributed by atoms with Gasteiger partial charge < -0.3 is 10.5 Å². The van der Waals surface area contributed by atoms with Crippen molar-refractivity contribution in [3.8, 4) is 11.8 Å². The van der Waals surface area contributed by atoms with Gasteiger partial charge in [-0.05, 0) is 31.0 Å². The number of para-hydroxylation sites is 1. The van der Waals surface area contributed by atoms with Crippen LogP contribution in [0.3, 0.4) is 0 Å². The number of nitrogens with zero attached hydrogens (tertiary/aromatic N) is 3. The molecule has 0 aliphatic rings. The highest BCUT2D eigenvalue weighted by molar-refractivity contribution is 5.79. The summed E-state index contributed by atoms with van der Waals surface area (Å²) in [4.78, 5) is 12.7. The first-order valence-corrected chi connectivity index (χ1v) is 6.80. The molecule has 0 aliphatic carbocycles. The van der Waals surface area contributed by atoms with Crippen LogP contribution in [0.25, 0.3) is 10.9 Å². The lowest BCUT2D eigenvalue weighted by Gasteiger charge is -2.06. The molecule has 0 aliphatic heterocycles. The molecule has 21 heavy (non-hydrogen) atoms. The monoisotopic (exact) mass is 280 g/mol. The molecule has 1 aromatic carbocycles. The summed E-state index contributed by atoms with van der Waals surface area (Å²) < 4.78 is 5.63. The molecular weight excluding hydrogens is 264 g/mol. The molecule has 5 heteroatoms. The first kappa shape index (κ1) is 13.5. The van der Waals surface area contributed by atoms with Crippen molar-refractivity contribution in [2.24, 2.45) is 5.73 Å². The van der Waals surface area contributed by atoms with E-state index in [1.807, 2.05) is 37.3 Å². The summed E-state index contributed by atoms with van der Waals surface area (Å²) in [6.45, 7) is 1.95. The second-order valence-corrected chi connectivity index (χ2v) is 5.02. The number of rotatable bonds is 4. The highest BCUT2D eigenvalue weighted by Crippen LogP contribution is 2.21. The maximum absolute atomic E-state index is 5.74. The summed E-state index contributed by atoms with van der Waals surface area (Å²) in [5.74, 6) is 0.619. The Hall–Kier alpha value is -2.53. The number of ether oxygens (including phenoxy) is 1. The third-order valence-corrected chi connectivity index (χ3v) is 3.01.